The van der Waals surface area contributed by atoms with E-state index >= 15 is 0 Å². The second-order valence-corrected chi connectivity index (χ2v) is 6.79. The summed E-state index contributed by atoms with van der Waals surface area (Å²) < 4.78 is 7.98. The molecule has 21 heavy (non-hydrogen) atoms. The Morgan fingerprint density at radius 3 is 3.00 bits per heavy atom. The van der Waals surface area contributed by atoms with Crippen molar-refractivity contribution >= 4 is 11.3 Å². The molecule has 0 amide bonds. The van der Waals surface area contributed by atoms with Gasteiger partial charge in [0.1, 0.15) is 0 Å². The minimum Gasteiger partial charge on any atom is -0.373 e. The zero-order valence-corrected chi connectivity index (χ0v) is 13.7. The predicted molar refractivity (Wildman–Crippen MR) is 85.5 cm³/mol. The molecule has 3 heterocycles. The summed E-state index contributed by atoms with van der Waals surface area (Å²) in [7, 11) is 2.00. The normalized spacial score (nSPS) is 22.0. The predicted octanol–water partition coefficient (Wildman–Crippen LogP) is 2.97. The van der Waals surface area contributed by atoms with E-state index in [0.717, 1.165) is 31.8 Å². The first-order valence-corrected chi connectivity index (χ1v) is 8.39. The van der Waals surface area contributed by atoms with Gasteiger partial charge < -0.3 is 10.1 Å². The topological polar surface area (TPSA) is 39.1 Å². The molecule has 0 radical (unpaired) electrons. The molecule has 0 aromatic carbocycles. The highest BCUT2D eigenvalue weighted by atomic mass is 32.1. The van der Waals surface area contributed by atoms with Gasteiger partial charge in [0, 0.05) is 48.8 Å². The van der Waals surface area contributed by atoms with E-state index < -0.39 is 0 Å². The van der Waals surface area contributed by atoms with Gasteiger partial charge in [-0.05, 0) is 31.7 Å². The zero-order valence-electron chi connectivity index (χ0n) is 12.9. The Kier molecular flexibility index (Phi) is 4.42. The van der Waals surface area contributed by atoms with E-state index in [1.165, 1.54) is 16.1 Å². The Morgan fingerprint density at radius 1 is 1.48 bits per heavy atom. The van der Waals surface area contributed by atoms with Crippen molar-refractivity contribution in [1.82, 2.24) is 15.1 Å². The number of nitrogens with zero attached hydrogens (tertiary/aromatic N) is 2. The smallest absolute Gasteiger partial charge is 0.0901 e. The molecular formula is C16H23N3OS. The van der Waals surface area contributed by atoms with Gasteiger partial charge in [0.25, 0.3) is 0 Å². The molecule has 0 spiro atoms. The van der Waals surface area contributed by atoms with Crippen LogP contribution in [0.5, 0.6) is 0 Å². The van der Waals surface area contributed by atoms with Crippen molar-refractivity contribution in [3.63, 3.8) is 0 Å². The van der Waals surface area contributed by atoms with Crippen LogP contribution in [0.25, 0.3) is 0 Å². The molecule has 0 aliphatic carbocycles. The average molecular weight is 305 g/mol. The van der Waals surface area contributed by atoms with Gasteiger partial charge in [-0.1, -0.05) is 6.07 Å². The SMILES string of the molecule is Cc1nn(C)c(C)c1[C@H]1OCC[C@@H]1CNCc1cccs1. The second-order valence-electron chi connectivity index (χ2n) is 5.76. The zero-order chi connectivity index (χ0) is 14.8. The van der Waals surface area contributed by atoms with E-state index in [2.05, 4.69) is 41.8 Å². The van der Waals surface area contributed by atoms with Gasteiger partial charge in [-0.25, -0.2) is 0 Å². The van der Waals surface area contributed by atoms with Gasteiger partial charge in [0.2, 0.25) is 0 Å². The standard InChI is InChI=1S/C16H23N3OS/c1-11-15(12(2)19(3)18-11)16-13(6-7-20-16)9-17-10-14-5-4-8-21-14/h4-5,8,13,16-17H,6-7,9-10H2,1-3H3/t13-,16+/m1/s1. The van der Waals surface area contributed by atoms with Crippen LogP contribution in [-0.2, 0) is 18.3 Å². The molecule has 2 aromatic heterocycles. The summed E-state index contributed by atoms with van der Waals surface area (Å²) in [6, 6.07) is 4.28. The largest absolute Gasteiger partial charge is 0.373 e. The fraction of sp³-hybridized carbons (Fsp3) is 0.562. The molecule has 2 aromatic rings. The third-order valence-electron chi connectivity index (χ3n) is 4.35. The van der Waals surface area contributed by atoms with E-state index in [1.807, 2.05) is 11.7 Å². The molecular weight excluding hydrogens is 282 g/mol. The maximum atomic E-state index is 6.02. The number of aryl methyl sites for hydroxylation is 2. The fourth-order valence-corrected chi connectivity index (χ4v) is 3.83. The van der Waals surface area contributed by atoms with Gasteiger partial charge in [0.05, 0.1) is 11.8 Å². The van der Waals surface area contributed by atoms with E-state index in [0.29, 0.717) is 5.92 Å². The Balaban J connectivity index is 1.65. The van der Waals surface area contributed by atoms with Crippen molar-refractivity contribution in [3.05, 3.63) is 39.3 Å². The number of aromatic nitrogens is 2. The monoisotopic (exact) mass is 305 g/mol. The van der Waals surface area contributed by atoms with Crippen LogP contribution in [-0.4, -0.2) is 22.9 Å². The molecule has 1 aliphatic heterocycles. The van der Waals surface area contributed by atoms with Crippen molar-refractivity contribution in [3.8, 4) is 0 Å². The highest BCUT2D eigenvalue weighted by molar-refractivity contribution is 7.09. The van der Waals surface area contributed by atoms with Gasteiger partial charge in [-0.2, -0.15) is 5.10 Å². The van der Waals surface area contributed by atoms with Gasteiger partial charge in [-0.15, -0.1) is 11.3 Å². The summed E-state index contributed by atoms with van der Waals surface area (Å²) in [4.78, 5) is 1.39. The second kappa shape index (κ2) is 6.30. The van der Waals surface area contributed by atoms with Crippen LogP contribution in [0.3, 0.4) is 0 Å². The van der Waals surface area contributed by atoms with Crippen molar-refractivity contribution in [2.75, 3.05) is 13.2 Å². The number of thiophene rings is 1. The summed E-state index contributed by atoms with van der Waals surface area (Å²) in [5.41, 5.74) is 3.62. The lowest BCUT2D eigenvalue weighted by Gasteiger charge is -2.19. The van der Waals surface area contributed by atoms with Crippen LogP contribution >= 0.6 is 11.3 Å². The molecule has 1 saturated heterocycles. The molecule has 1 fully saturated rings. The molecule has 0 bridgehead atoms. The highest BCUT2D eigenvalue weighted by Crippen LogP contribution is 2.37. The lowest BCUT2D eigenvalue weighted by atomic mass is 9.94. The lowest BCUT2D eigenvalue weighted by Crippen LogP contribution is -2.24. The minimum atomic E-state index is 0.189. The first-order chi connectivity index (χ1) is 10.2. The summed E-state index contributed by atoms with van der Waals surface area (Å²) in [5.74, 6) is 0.534. The van der Waals surface area contributed by atoms with Gasteiger partial charge in [0.15, 0.2) is 0 Å². The Bertz CT molecular complexity index is 591. The molecule has 0 unspecified atom stereocenters. The first-order valence-electron chi connectivity index (χ1n) is 7.51. The van der Waals surface area contributed by atoms with Crippen LogP contribution in [0.15, 0.2) is 17.5 Å². The van der Waals surface area contributed by atoms with Crippen LogP contribution in [0.4, 0.5) is 0 Å². The molecule has 114 valence electrons. The Labute approximate surface area is 130 Å². The van der Waals surface area contributed by atoms with Crippen LogP contribution in [0.1, 0.15) is 34.4 Å². The molecule has 1 aliphatic rings. The summed E-state index contributed by atoms with van der Waals surface area (Å²) in [6.45, 7) is 7.01. The fourth-order valence-electron chi connectivity index (χ4n) is 3.16. The van der Waals surface area contributed by atoms with Crippen molar-refractivity contribution in [2.45, 2.75) is 32.9 Å². The third-order valence-corrected chi connectivity index (χ3v) is 5.23. The molecule has 1 N–H and O–H groups in total. The van der Waals surface area contributed by atoms with Crippen molar-refractivity contribution in [1.29, 1.82) is 0 Å². The third kappa shape index (κ3) is 3.05. The molecule has 2 atom stereocenters. The number of ether oxygens (including phenoxy) is 1. The van der Waals surface area contributed by atoms with E-state index in [9.17, 15) is 0 Å². The van der Waals surface area contributed by atoms with E-state index in [4.69, 9.17) is 4.74 Å². The number of rotatable bonds is 5. The first kappa shape index (κ1) is 14.8. The number of nitrogens with one attached hydrogen (secondary N) is 1. The lowest BCUT2D eigenvalue weighted by molar-refractivity contribution is 0.0894. The van der Waals surface area contributed by atoms with Crippen LogP contribution in [0.2, 0.25) is 0 Å². The Hall–Kier alpha value is -1.17. The Morgan fingerprint density at radius 2 is 2.33 bits per heavy atom. The van der Waals surface area contributed by atoms with Gasteiger partial charge in [-0.3, -0.25) is 4.68 Å². The van der Waals surface area contributed by atoms with Crippen molar-refractivity contribution in [2.24, 2.45) is 13.0 Å². The summed E-state index contributed by atoms with van der Waals surface area (Å²) in [5, 5.41) is 10.2. The highest BCUT2D eigenvalue weighted by Gasteiger charge is 2.33. The molecule has 4 nitrogen and oxygen atoms in total. The number of hydrogen-bond acceptors (Lipinski definition) is 4. The minimum absolute atomic E-state index is 0.189. The molecule has 3 rings (SSSR count). The van der Waals surface area contributed by atoms with Crippen LogP contribution in [0, 0.1) is 19.8 Å². The quantitative estimate of drug-likeness (QED) is 0.923. The van der Waals surface area contributed by atoms with E-state index in [-0.39, 0.29) is 6.10 Å². The number of hydrogen-bond donors (Lipinski definition) is 1. The maximum Gasteiger partial charge on any atom is 0.0901 e. The van der Waals surface area contributed by atoms with Crippen LogP contribution < -0.4 is 5.32 Å². The summed E-state index contributed by atoms with van der Waals surface area (Å²) in [6.07, 6.45) is 1.31. The molecule has 0 saturated carbocycles. The molecule has 5 heteroatoms. The van der Waals surface area contributed by atoms with Crippen molar-refractivity contribution < 1.29 is 4.74 Å². The maximum absolute atomic E-state index is 6.02. The van der Waals surface area contributed by atoms with E-state index in [1.54, 1.807) is 11.3 Å². The summed E-state index contributed by atoms with van der Waals surface area (Å²) >= 11 is 1.80. The average Bonchev–Trinajstić information content (AvgIpc) is 3.15. The van der Waals surface area contributed by atoms with Gasteiger partial charge >= 0.3 is 0 Å².